The highest BCUT2D eigenvalue weighted by atomic mass is 16.3. The van der Waals surface area contributed by atoms with Crippen molar-refractivity contribution < 1.29 is 25.2 Å². The molecular weight excluding hydrogens is 719 g/mol. The summed E-state index contributed by atoms with van der Waals surface area (Å²) in [6, 6.07) is -1.01. The zero-order valence-electron chi connectivity index (χ0n) is 38.5. The van der Waals surface area contributed by atoms with E-state index in [2.05, 4.69) is 55.6 Å². The fourth-order valence-corrected chi connectivity index (χ4v) is 7.77. The van der Waals surface area contributed by atoms with Gasteiger partial charge in [-0.3, -0.25) is 4.79 Å². The van der Waals surface area contributed by atoms with Crippen molar-refractivity contribution in [3.63, 3.8) is 0 Å². The van der Waals surface area contributed by atoms with Crippen LogP contribution in [0.4, 0.5) is 0 Å². The number of unbranched alkanes of at least 4 members (excludes halogenated alkanes) is 31. The third kappa shape index (κ3) is 40.0. The molecule has 0 aliphatic heterocycles. The summed E-state index contributed by atoms with van der Waals surface area (Å²) in [6.07, 6.45) is 56.2. The van der Waals surface area contributed by atoms with Crippen LogP contribution >= 0.6 is 0 Å². The predicted octanol–water partition coefficient (Wildman–Crippen LogP) is 14.1. The highest BCUT2D eigenvalue weighted by Gasteiger charge is 2.28. The Bertz CT molecular complexity index is 919. The molecule has 342 valence electrons. The van der Waals surface area contributed by atoms with E-state index in [9.17, 15) is 25.2 Å². The maximum atomic E-state index is 12.5. The molecule has 0 aromatic rings. The van der Waals surface area contributed by atoms with Gasteiger partial charge in [0.2, 0.25) is 5.91 Å². The van der Waals surface area contributed by atoms with E-state index in [1.54, 1.807) is 0 Å². The molecule has 4 unspecified atom stereocenters. The Hall–Kier alpha value is -1.47. The molecule has 5 N–H and O–H groups in total. The smallest absolute Gasteiger partial charge is 0.249 e. The zero-order valence-corrected chi connectivity index (χ0v) is 38.5. The number of carbonyl (C=O) groups is 1. The quantitative estimate of drug-likeness (QED) is 0.0310. The zero-order chi connectivity index (χ0) is 42.4. The molecule has 0 saturated heterocycles. The summed E-state index contributed by atoms with van der Waals surface area (Å²) < 4.78 is 0. The van der Waals surface area contributed by atoms with Gasteiger partial charge in [0.15, 0.2) is 0 Å². The summed E-state index contributed by atoms with van der Waals surface area (Å²) in [7, 11) is 0. The SMILES string of the molecule is CCCCCCCCCCCC/C=C\CCCCCCCCC(O)C(=O)NC(CO)C(O)C(O)CCC/C=C/CC/C=C/CCCCCCCCCCCCCCC. The number of amides is 1. The third-order valence-corrected chi connectivity index (χ3v) is 11.8. The second kappa shape index (κ2) is 46.6. The second-order valence-corrected chi connectivity index (χ2v) is 17.5. The molecule has 0 spiro atoms. The van der Waals surface area contributed by atoms with Crippen molar-refractivity contribution in [1.29, 1.82) is 0 Å². The molecule has 58 heavy (non-hydrogen) atoms. The van der Waals surface area contributed by atoms with Crippen LogP contribution in [0.25, 0.3) is 0 Å². The maximum Gasteiger partial charge on any atom is 0.249 e. The first-order chi connectivity index (χ1) is 28.5. The molecule has 4 atom stereocenters. The van der Waals surface area contributed by atoms with Crippen LogP contribution in [-0.4, -0.2) is 57.3 Å². The fraction of sp³-hybridized carbons (Fsp3) is 0.865. The standard InChI is InChI=1S/C52H99NO5/c1-3-5-7-9-11-13-15-17-19-21-23-25-26-28-29-31-33-35-37-39-41-43-45-49(55)51(57)48(47-54)53-52(58)50(56)46-44-42-40-38-36-34-32-30-27-24-22-20-18-16-14-12-10-8-6-4-2/h27,29-31,37,39,48-51,54-57H,3-26,28,32-36,38,40-47H2,1-2H3,(H,53,58)/b30-27-,31-29+,39-37+. The predicted molar refractivity (Wildman–Crippen MR) is 251 cm³/mol. The maximum absolute atomic E-state index is 12.5. The lowest BCUT2D eigenvalue weighted by Gasteiger charge is -2.27. The van der Waals surface area contributed by atoms with Crippen LogP contribution in [0.5, 0.6) is 0 Å². The molecule has 0 aromatic heterocycles. The Morgan fingerprint density at radius 2 is 0.724 bits per heavy atom. The third-order valence-electron chi connectivity index (χ3n) is 11.8. The van der Waals surface area contributed by atoms with Gasteiger partial charge in [-0.05, 0) is 77.0 Å². The summed E-state index contributed by atoms with van der Waals surface area (Å²) >= 11 is 0. The Balaban J connectivity index is 3.75. The van der Waals surface area contributed by atoms with E-state index >= 15 is 0 Å². The first-order valence-electron chi connectivity index (χ1n) is 25.4. The van der Waals surface area contributed by atoms with Crippen molar-refractivity contribution in [2.75, 3.05) is 6.61 Å². The Morgan fingerprint density at radius 1 is 0.414 bits per heavy atom. The summed E-state index contributed by atoms with van der Waals surface area (Å²) in [5, 5.41) is 43.8. The van der Waals surface area contributed by atoms with E-state index in [1.165, 1.54) is 173 Å². The van der Waals surface area contributed by atoms with Crippen LogP contribution in [0.2, 0.25) is 0 Å². The van der Waals surface area contributed by atoms with Gasteiger partial charge in [-0.15, -0.1) is 0 Å². The number of rotatable bonds is 46. The number of nitrogens with one attached hydrogen (secondary N) is 1. The molecule has 0 radical (unpaired) electrons. The van der Waals surface area contributed by atoms with E-state index in [4.69, 9.17) is 0 Å². The van der Waals surface area contributed by atoms with Crippen molar-refractivity contribution in [3.8, 4) is 0 Å². The summed E-state index contributed by atoms with van der Waals surface area (Å²) in [6.45, 7) is 4.05. The molecule has 0 aliphatic rings. The highest BCUT2D eigenvalue weighted by molar-refractivity contribution is 5.80. The van der Waals surface area contributed by atoms with Gasteiger partial charge in [0.05, 0.1) is 18.8 Å². The van der Waals surface area contributed by atoms with Crippen molar-refractivity contribution in [2.45, 2.75) is 282 Å². The van der Waals surface area contributed by atoms with Gasteiger partial charge in [-0.25, -0.2) is 0 Å². The van der Waals surface area contributed by atoms with E-state index in [0.29, 0.717) is 19.3 Å². The molecule has 1 amide bonds. The lowest BCUT2D eigenvalue weighted by molar-refractivity contribution is -0.132. The number of carbonyl (C=O) groups excluding carboxylic acids is 1. The van der Waals surface area contributed by atoms with Gasteiger partial charge in [0.1, 0.15) is 12.2 Å². The van der Waals surface area contributed by atoms with Crippen LogP contribution in [0.1, 0.15) is 258 Å². The minimum Gasteiger partial charge on any atom is -0.394 e. The second-order valence-electron chi connectivity index (χ2n) is 17.5. The molecule has 6 heteroatoms. The Kier molecular flexibility index (Phi) is 45.4. The number of allylic oxidation sites excluding steroid dienone is 6. The average Bonchev–Trinajstić information content (AvgIpc) is 3.23. The number of aliphatic hydroxyl groups is 4. The minimum absolute atomic E-state index is 0.353. The van der Waals surface area contributed by atoms with Gasteiger partial charge in [-0.1, -0.05) is 217 Å². The molecule has 0 heterocycles. The van der Waals surface area contributed by atoms with Crippen LogP contribution < -0.4 is 5.32 Å². The molecule has 0 saturated carbocycles. The normalized spacial score (nSPS) is 14.2. The summed E-state index contributed by atoms with van der Waals surface area (Å²) in [5.74, 6) is -0.601. The van der Waals surface area contributed by atoms with E-state index in [1.807, 2.05) is 0 Å². The lowest BCUT2D eigenvalue weighted by atomic mass is 10.00. The van der Waals surface area contributed by atoms with Gasteiger partial charge >= 0.3 is 0 Å². The molecule has 0 fully saturated rings. The van der Waals surface area contributed by atoms with Gasteiger partial charge < -0.3 is 25.7 Å². The van der Waals surface area contributed by atoms with Crippen molar-refractivity contribution in [2.24, 2.45) is 0 Å². The fourth-order valence-electron chi connectivity index (χ4n) is 7.77. The molecule has 0 rings (SSSR count). The Labute approximate surface area is 360 Å². The molecule has 0 aliphatic carbocycles. The monoisotopic (exact) mass is 818 g/mol. The van der Waals surface area contributed by atoms with Crippen molar-refractivity contribution >= 4 is 5.91 Å². The summed E-state index contributed by atoms with van der Waals surface area (Å²) in [5.41, 5.74) is 0. The van der Waals surface area contributed by atoms with Gasteiger partial charge in [-0.2, -0.15) is 0 Å². The van der Waals surface area contributed by atoms with Crippen molar-refractivity contribution in [3.05, 3.63) is 36.5 Å². The minimum atomic E-state index is -1.29. The molecular formula is C52H99NO5. The van der Waals surface area contributed by atoms with Crippen LogP contribution in [0.15, 0.2) is 36.5 Å². The van der Waals surface area contributed by atoms with Crippen LogP contribution in [0.3, 0.4) is 0 Å². The highest BCUT2D eigenvalue weighted by Crippen LogP contribution is 2.16. The first kappa shape index (κ1) is 56.5. The first-order valence-corrected chi connectivity index (χ1v) is 25.4. The van der Waals surface area contributed by atoms with Crippen LogP contribution in [-0.2, 0) is 4.79 Å². The molecule has 0 bridgehead atoms. The molecule has 0 aromatic carbocycles. The number of aliphatic hydroxyl groups excluding tert-OH is 4. The Morgan fingerprint density at radius 3 is 1.09 bits per heavy atom. The van der Waals surface area contributed by atoms with E-state index in [-0.39, 0.29) is 0 Å². The van der Waals surface area contributed by atoms with Gasteiger partial charge in [0, 0.05) is 0 Å². The van der Waals surface area contributed by atoms with Crippen LogP contribution in [0, 0.1) is 0 Å². The number of hydrogen-bond donors (Lipinski definition) is 5. The largest absolute Gasteiger partial charge is 0.394 e. The average molecular weight is 818 g/mol. The van der Waals surface area contributed by atoms with Crippen molar-refractivity contribution in [1.82, 2.24) is 5.32 Å². The summed E-state index contributed by atoms with van der Waals surface area (Å²) in [4.78, 5) is 12.5. The molecule has 6 nitrogen and oxygen atoms in total. The number of hydrogen-bond acceptors (Lipinski definition) is 5. The lowest BCUT2D eigenvalue weighted by Crippen LogP contribution is -2.53. The van der Waals surface area contributed by atoms with Gasteiger partial charge in [0.25, 0.3) is 0 Å². The van der Waals surface area contributed by atoms with E-state index < -0.39 is 36.9 Å². The van der Waals surface area contributed by atoms with E-state index in [0.717, 1.165) is 51.4 Å². The topological polar surface area (TPSA) is 110 Å².